The maximum Gasteiger partial charge on any atom is 0.303 e. The molecule has 0 radical (unpaired) electrons. The molecule has 0 fully saturated rings. The number of fused-ring (bicyclic) bond motifs is 5. The summed E-state index contributed by atoms with van der Waals surface area (Å²) in [4.78, 5) is 14.1. The van der Waals surface area contributed by atoms with Crippen molar-refractivity contribution < 1.29 is 31.8 Å². The number of aromatic nitrogens is 1. The molecule has 11 heteroatoms. The average molecular weight is 678 g/mol. The van der Waals surface area contributed by atoms with E-state index in [1.807, 2.05) is 38.1 Å². The van der Waals surface area contributed by atoms with Gasteiger partial charge in [0.2, 0.25) is 0 Å². The molecule has 0 amide bonds. The van der Waals surface area contributed by atoms with Gasteiger partial charge in [0.25, 0.3) is 0 Å². The number of allylic oxidation sites excluding steroid dienone is 1. The van der Waals surface area contributed by atoms with E-state index >= 15 is 8.78 Å². The number of halogens is 2. The average Bonchev–Trinajstić information content (AvgIpc) is 3.49. The van der Waals surface area contributed by atoms with Crippen molar-refractivity contribution in [2.75, 3.05) is 11.5 Å². The molecule has 4 N–H and O–H groups in total. The Hall–Kier alpha value is -4.51. The second kappa shape index (κ2) is 14.3. The van der Waals surface area contributed by atoms with E-state index in [9.17, 15) is 13.2 Å². The van der Waals surface area contributed by atoms with Crippen LogP contribution in [0.15, 0.2) is 72.6 Å². The fourth-order valence-corrected chi connectivity index (χ4v) is 8.31. The van der Waals surface area contributed by atoms with Crippen LogP contribution in [0, 0.1) is 22.5 Å². The number of H-pyrrole nitrogens is 1. The predicted molar refractivity (Wildman–Crippen MR) is 184 cm³/mol. The van der Waals surface area contributed by atoms with Crippen molar-refractivity contribution in [1.82, 2.24) is 10.3 Å². The molecule has 1 aliphatic heterocycles. The number of carbonyl (C=O) groups is 1. The van der Waals surface area contributed by atoms with Gasteiger partial charge in [-0.05, 0) is 79.0 Å². The van der Waals surface area contributed by atoms with E-state index in [1.165, 1.54) is 18.2 Å². The number of rotatable bonds is 4. The Bertz CT molecular complexity index is 1980. The highest BCUT2D eigenvalue weighted by Crippen LogP contribution is 2.36. The number of carboxylic acids is 1. The van der Waals surface area contributed by atoms with Crippen molar-refractivity contribution in [1.29, 1.82) is 5.41 Å². The lowest BCUT2D eigenvalue weighted by Gasteiger charge is -2.26. The number of aromatic amines is 1. The zero-order valence-electron chi connectivity index (χ0n) is 27.3. The van der Waals surface area contributed by atoms with Crippen molar-refractivity contribution in [3.8, 4) is 11.5 Å². The van der Waals surface area contributed by atoms with Crippen LogP contribution in [0.2, 0.25) is 0 Å². The van der Waals surface area contributed by atoms with Crippen LogP contribution in [0.4, 0.5) is 8.78 Å². The first kappa shape index (κ1) is 34.8. The molecule has 5 rings (SSSR count). The molecule has 0 saturated carbocycles. The van der Waals surface area contributed by atoms with E-state index < -0.39 is 32.9 Å². The van der Waals surface area contributed by atoms with Crippen LogP contribution in [0.1, 0.15) is 74.8 Å². The van der Waals surface area contributed by atoms with Gasteiger partial charge in [-0.1, -0.05) is 44.5 Å². The largest absolute Gasteiger partial charge is 0.481 e. The van der Waals surface area contributed by atoms with Gasteiger partial charge in [0.05, 0.1) is 23.3 Å². The van der Waals surface area contributed by atoms with Gasteiger partial charge in [0.15, 0.2) is 21.4 Å². The predicted octanol–water partition coefficient (Wildman–Crippen LogP) is 8.03. The SMILES string of the molecule is C/C1=C/NC(c2cccc(CCC(=O)O)c2)CCCC(C)(C)CS(=O)(=O)CCc2c(c(F)cc3[nH]ccc23)Oc2ccc(F)c(c2)C1=N. The smallest absolute Gasteiger partial charge is 0.303 e. The lowest BCUT2D eigenvalue weighted by atomic mass is 9.87. The summed E-state index contributed by atoms with van der Waals surface area (Å²) in [5, 5.41) is 22.0. The number of ether oxygens (including phenoxy) is 1. The first-order valence-electron chi connectivity index (χ1n) is 16.0. The third-order valence-corrected chi connectivity index (χ3v) is 10.8. The molecule has 2 bridgehead atoms. The topological polar surface area (TPSA) is 132 Å². The Labute approximate surface area is 279 Å². The Morgan fingerprint density at radius 2 is 1.90 bits per heavy atom. The normalized spacial score (nSPS) is 19.8. The van der Waals surface area contributed by atoms with E-state index in [1.54, 1.807) is 25.4 Å². The van der Waals surface area contributed by atoms with Gasteiger partial charge in [-0.2, -0.15) is 0 Å². The molecular weight excluding hydrogens is 636 g/mol. The minimum Gasteiger partial charge on any atom is -0.481 e. The summed E-state index contributed by atoms with van der Waals surface area (Å²) in [6.07, 6.45) is 5.60. The summed E-state index contributed by atoms with van der Waals surface area (Å²) in [6.45, 7) is 5.54. The van der Waals surface area contributed by atoms with Gasteiger partial charge >= 0.3 is 5.97 Å². The summed E-state index contributed by atoms with van der Waals surface area (Å²) in [5.74, 6) is -2.53. The number of hydrogen-bond donors (Lipinski definition) is 4. The first-order valence-corrected chi connectivity index (χ1v) is 17.8. The molecule has 1 aliphatic rings. The Kier molecular flexibility index (Phi) is 10.4. The molecule has 8 nitrogen and oxygen atoms in total. The van der Waals surface area contributed by atoms with Crippen molar-refractivity contribution in [3.05, 3.63) is 106 Å². The van der Waals surface area contributed by atoms with Gasteiger partial charge in [-0.15, -0.1) is 0 Å². The fraction of sp³-hybridized carbons (Fsp3) is 0.351. The van der Waals surface area contributed by atoms with Crippen LogP contribution in [0.25, 0.3) is 10.9 Å². The van der Waals surface area contributed by atoms with Crippen LogP contribution < -0.4 is 10.1 Å². The molecule has 254 valence electrons. The van der Waals surface area contributed by atoms with Gasteiger partial charge in [-0.25, -0.2) is 17.2 Å². The van der Waals surface area contributed by atoms with Gasteiger partial charge in [0.1, 0.15) is 11.6 Å². The van der Waals surface area contributed by atoms with Crippen molar-refractivity contribution in [2.45, 2.75) is 65.3 Å². The number of hydrogen-bond acceptors (Lipinski definition) is 6. The molecule has 0 aliphatic carbocycles. The first-order chi connectivity index (χ1) is 22.7. The fourth-order valence-electron chi connectivity index (χ4n) is 6.31. The maximum atomic E-state index is 15.5. The van der Waals surface area contributed by atoms with Crippen LogP contribution in [0.3, 0.4) is 0 Å². The highest BCUT2D eigenvalue weighted by Gasteiger charge is 2.28. The molecule has 48 heavy (non-hydrogen) atoms. The van der Waals surface area contributed by atoms with E-state index in [2.05, 4.69) is 10.3 Å². The summed E-state index contributed by atoms with van der Waals surface area (Å²) < 4.78 is 63.7. The molecule has 2 heterocycles. The lowest BCUT2D eigenvalue weighted by molar-refractivity contribution is -0.136. The molecule has 0 spiro atoms. The molecule has 1 unspecified atom stereocenters. The zero-order chi connectivity index (χ0) is 34.6. The van der Waals surface area contributed by atoms with Crippen molar-refractivity contribution in [2.24, 2.45) is 5.41 Å². The maximum absolute atomic E-state index is 15.5. The number of nitrogens with one attached hydrogen (secondary N) is 3. The summed E-state index contributed by atoms with van der Waals surface area (Å²) >= 11 is 0. The molecule has 4 aromatic rings. The second-order valence-electron chi connectivity index (χ2n) is 13.3. The minimum absolute atomic E-state index is 0.00250. The number of sulfone groups is 1. The van der Waals surface area contributed by atoms with Gasteiger partial charge in [0, 0.05) is 46.9 Å². The van der Waals surface area contributed by atoms with Gasteiger partial charge < -0.3 is 20.1 Å². The Balaban J connectivity index is 1.54. The van der Waals surface area contributed by atoms with Crippen LogP contribution in [0.5, 0.6) is 11.5 Å². The summed E-state index contributed by atoms with van der Waals surface area (Å²) in [7, 11) is -3.58. The molecule has 1 atom stereocenters. The number of carboxylic acid groups (broad SMARTS) is 1. The Morgan fingerprint density at radius 1 is 1.10 bits per heavy atom. The lowest BCUT2D eigenvalue weighted by Crippen LogP contribution is -2.27. The highest BCUT2D eigenvalue weighted by molar-refractivity contribution is 7.91. The summed E-state index contributed by atoms with van der Waals surface area (Å²) in [5.41, 5.74) is 2.45. The van der Waals surface area contributed by atoms with Crippen molar-refractivity contribution in [3.63, 3.8) is 0 Å². The van der Waals surface area contributed by atoms with E-state index in [4.69, 9.17) is 15.3 Å². The number of benzene rings is 3. The molecular formula is C37H41F2N3O5S. The Morgan fingerprint density at radius 3 is 2.67 bits per heavy atom. The molecule has 1 aromatic heterocycles. The minimum atomic E-state index is -3.58. The van der Waals surface area contributed by atoms with Crippen molar-refractivity contribution >= 4 is 32.4 Å². The monoisotopic (exact) mass is 677 g/mol. The van der Waals surface area contributed by atoms with Crippen LogP contribution >= 0.6 is 0 Å². The van der Waals surface area contributed by atoms with E-state index in [0.29, 0.717) is 47.7 Å². The standard InChI is InChI=1S/C37H41F2N3O5S/c1-23-21-42-32(25-7-4-6-24(18-25)9-12-34(43)44)8-5-15-37(2,3)22-48(45,46)17-14-28-27-13-16-41-33(27)20-31(39)36(28)47-26-10-11-30(38)29(19-26)35(23)40/h4,6-7,10-11,13,16,18-21,32,40-42H,5,8-9,12,14-15,17,22H2,1-3H3,(H,43,44)/b23-21-,40-35?. The quantitative estimate of drug-likeness (QED) is 0.173. The molecule has 0 saturated heterocycles. The number of aliphatic carboxylic acids is 1. The van der Waals surface area contributed by atoms with Crippen LogP contribution in [-0.4, -0.2) is 41.7 Å². The van der Waals surface area contributed by atoms with Gasteiger partial charge in [-0.3, -0.25) is 10.2 Å². The third-order valence-electron chi connectivity index (χ3n) is 8.79. The number of aryl methyl sites for hydroxylation is 2. The third kappa shape index (κ3) is 8.49. The van der Waals surface area contributed by atoms with Crippen LogP contribution in [-0.2, 0) is 27.5 Å². The van der Waals surface area contributed by atoms with E-state index in [-0.39, 0.29) is 53.2 Å². The molecule has 3 aromatic carbocycles. The van der Waals surface area contributed by atoms with E-state index in [0.717, 1.165) is 17.2 Å². The highest BCUT2D eigenvalue weighted by atomic mass is 32.2. The second-order valence-corrected chi connectivity index (χ2v) is 15.5. The summed E-state index contributed by atoms with van der Waals surface area (Å²) in [6, 6.07) is 14.3. The zero-order valence-corrected chi connectivity index (χ0v) is 28.1.